The Kier molecular flexibility index (Phi) is 5.38. The Labute approximate surface area is 122 Å². The second-order valence-electron chi connectivity index (χ2n) is 3.43. The van der Waals surface area contributed by atoms with Gasteiger partial charge < -0.3 is 10.6 Å². The molecular formula is C11H12BrIN2O2. The molecule has 1 rings (SSSR count). The van der Waals surface area contributed by atoms with Crippen LogP contribution in [0.1, 0.15) is 17.3 Å². The number of carbonyl (C=O) groups is 2. The zero-order valence-electron chi connectivity index (χ0n) is 9.38. The van der Waals surface area contributed by atoms with Gasteiger partial charge in [0.25, 0.3) is 5.91 Å². The van der Waals surface area contributed by atoms with E-state index in [2.05, 4.69) is 49.2 Å². The predicted molar refractivity (Wildman–Crippen MR) is 77.9 cm³/mol. The molecule has 1 aromatic carbocycles. The largest absolute Gasteiger partial charge is 0.357 e. The van der Waals surface area contributed by atoms with Crippen LogP contribution >= 0.6 is 38.5 Å². The van der Waals surface area contributed by atoms with E-state index in [-0.39, 0.29) is 11.8 Å². The first kappa shape index (κ1) is 14.4. The van der Waals surface area contributed by atoms with Crippen LogP contribution in [-0.4, -0.2) is 24.9 Å². The average molecular weight is 411 g/mol. The summed E-state index contributed by atoms with van der Waals surface area (Å²) in [6.07, 6.45) is 0. The van der Waals surface area contributed by atoms with Gasteiger partial charge in [-0.05, 0) is 63.6 Å². The van der Waals surface area contributed by atoms with E-state index in [1.54, 1.807) is 19.1 Å². The van der Waals surface area contributed by atoms with Gasteiger partial charge in [-0.1, -0.05) is 0 Å². The molecule has 2 N–H and O–H groups in total. The Hall–Kier alpha value is -0.630. The molecule has 2 amide bonds. The molecule has 0 aromatic heterocycles. The lowest BCUT2D eigenvalue weighted by atomic mass is 10.2. The minimum Gasteiger partial charge on any atom is -0.357 e. The topological polar surface area (TPSA) is 58.2 Å². The first-order chi connectivity index (χ1) is 7.95. The van der Waals surface area contributed by atoms with Crippen molar-refractivity contribution in [3.63, 3.8) is 0 Å². The number of benzene rings is 1. The summed E-state index contributed by atoms with van der Waals surface area (Å²) in [5, 5.41) is 5.11. The van der Waals surface area contributed by atoms with Gasteiger partial charge in [-0.3, -0.25) is 9.59 Å². The van der Waals surface area contributed by atoms with E-state index in [1.165, 1.54) is 7.05 Å². The van der Waals surface area contributed by atoms with E-state index < -0.39 is 6.04 Å². The van der Waals surface area contributed by atoms with E-state index in [9.17, 15) is 9.59 Å². The van der Waals surface area contributed by atoms with Crippen molar-refractivity contribution < 1.29 is 9.59 Å². The number of carbonyl (C=O) groups excluding carboxylic acids is 2. The molecule has 6 heteroatoms. The number of rotatable bonds is 3. The molecular weight excluding hydrogens is 399 g/mol. The quantitative estimate of drug-likeness (QED) is 0.748. The van der Waals surface area contributed by atoms with E-state index in [0.717, 1.165) is 3.57 Å². The summed E-state index contributed by atoms with van der Waals surface area (Å²) in [5.74, 6) is -0.494. The molecule has 1 aromatic rings. The first-order valence-corrected chi connectivity index (χ1v) is 6.80. The SMILES string of the molecule is CNC(=O)C(C)NC(=O)c1cc(I)ccc1Br. The molecule has 0 bridgehead atoms. The Morgan fingerprint density at radius 2 is 2.06 bits per heavy atom. The standard InChI is InChI=1S/C11H12BrIN2O2/c1-6(10(16)14-2)15-11(17)8-5-7(13)3-4-9(8)12/h3-6H,1-2H3,(H,14,16)(H,15,17). The average Bonchev–Trinajstić information content (AvgIpc) is 2.30. The lowest BCUT2D eigenvalue weighted by Crippen LogP contribution is -2.43. The van der Waals surface area contributed by atoms with Gasteiger partial charge in [-0.2, -0.15) is 0 Å². The molecule has 0 aliphatic carbocycles. The van der Waals surface area contributed by atoms with Crippen molar-refractivity contribution in [2.24, 2.45) is 0 Å². The summed E-state index contributed by atoms with van der Waals surface area (Å²) in [6, 6.07) is 4.90. The van der Waals surface area contributed by atoms with Crippen molar-refractivity contribution in [2.45, 2.75) is 13.0 Å². The highest BCUT2D eigenvalue weighted by Crippen LogP contribution is 2.19. The van der Waals surface area contributed by atoms with Crippen molar-refractivity contribution in [2.75, 3.05) is 7.05 Å². The van der Waals surface area contributed by atoms with Crippen LogP contribution in [-0.2, 0) is 4.79 Å². The summed E-state index contributed by atoms with van der Waals surface area (Å²) in [7, 11) is 1.53. The van der Waals surface area contributed by atoms with Gasteiger partial charge in [0.05, 0.1) is 5.56 Å². The minimum atomic E-state index is -0.558. The highest BCUT2D eigenvalue weighted by molar-refractivity contribution is 14.1. The molecule has 0 radical (unpaired) electrons. The summed E-state index contributed by atoms with van der Waals surface area (Å²) < 4.78 is 1.67. The third-order valence-corrected chi connectivity index (χ3v) is 3.52. The minimum absolute atomic E-state index is 0.222. The fourth-order valence-corrected chi connectivity index (χ4v) is 2.15. The molecule has 0 aliphatic heterocycles. The fraction of sp³-hybridized carbons (Fsp3) is 0.273. The maximum Gasteiger partial charge on any atom is 0.253 e. The lowest BCUT2D eigenvalue weighted by Gasteiger charge is -2.13. The Bertz CT molecular complexity index is 451. The van der Waals surface area contributed by atoms with Gasteiger partial charge in [-0.15, -0.1) is 0 Å². The molecule has 0 fully saturated rings. The third-order valence-electron chi connectivity index (χ3n) is 2.16. The van der Waals surface area contributed by atoms with Crippen LogP contribution in [0.5, 0.6) is 0 Å². The zero-order chi connectivity index (χ0) is 13.0. The molecule has 4 nitrogen and oxygen atoms in total. The molecule has 0 spiro atoms. The Morgan fingerprint density at radius 1 is 1.41 bits per heavy atom. The predicted octanol–water partition coefficient (Wildman–Crippen LogP) is 1.92. The number of hydrogen-bond donors (Lipinski definition) is 2. The highest BCUT2D eigenvalue weighted by atomic mass is 127. The first-order valence-electron chi connectivity index (χ1n) is 4.93. The second kappa shape index (κ2) is 6.34. The van der Waals surface area contributed by atoms with Gasteiger partial charge >= 0.3 is 0 Å². The maximum absolute atomic E-state index is 11.9. The van der Waals surface area contributed by atoms with Crippen molar-refractivity contribution in [1.29, 1.82) is 0 Å². The van der Waals surface area contributed by atoms with E-state index in [1.807, 2.05) is 6.07 Å². The van der Waals surface area contributed by atoms with E-state index in [0.29, 0.717) is 10.0 Å². The maximum atomic E-state index is 11.9. The van der Waals surface area contributed by atoms with E-state index in [4.69, 9.17) is 0 Å². The van der Waals surface area contributed by atoms with Crippen LogP contribution < -0.4 is 10.6 Å². The molecule has 0 saturated heterocycles. The molecule has 92 valence electrons. The van der Waals surface area contributed by atoms with Crippen LogP contribution in [0.4, 0.5) is 0 Å². The molecule has 1 atom stereocenters. The van der Waals surface area contributed by atoms with Gasteiger partial charge in [0.1, 0.15) is 6.04 Å². The Morgan fingerprint density at radius 3 is 2.65 bits per heavy atom. The number of halogens is 2. The molecule has 17 heavy (non-hydrogen) atoms. The normalized spacial score (nSPS) is 11.8. The van der Waals surface area contributed by atoms with Crippen molar-refractivity contribution in [3.8, 4) is 0 Å². The van der Waals surface area contributed by atoms with Crippen LogP contribution in [0.15, 0.2) is 22.7 Å². The molecule has 0 heterocycles. The van der Waals surface area contributed by atoms with Crippen molar-refractivity contribution >= 4 is 50.3 Å². The summed E-state index contributed by atoms with van der Waals surface area (Å²) in [4.78, 5) is 23.2. The lowest BCUT2D eigenvalue weighted by molar-refractivity contribution is -0.122. The number of amides is 2. The fourth-order valence-electron chi connectivity index (χ4n) is 1.23. The molecule has 0 aliphatic rings. The monoisotopic (exact) mass is 410 g/mol. The van der Waals surface area contributed by atoms with Crippen LogP contribution in [0.25, 0.3) is 0 Å². The third kappa shape index (κ3) is 3.95. The molecule has 0 saturated carbocycles. The summed E-state index contributed by atoms with van der Waals surface area (Å²) in [5.41, 5.74) is 0.521. The van der Waals surface area contributed by atoms with Gasteiger partial charge in [0.2, 0.25) is 5.91 Å². The van der Waals surface area contributed by atoms with Crippen LogP contribution in [0.3, 0.4) is 0 Å². The summed E-state index contributed by atoms with van der Waals surface area (Å²) in [6.45, 7) is 1.64. The van der Waals surface area contributed by atoms with Gasteiger partial charge in [-0.25, -0.2) is 0 Å². The van der Waals surface area contributed by atoms with Crippen LogP contribution in [0, 0.1) is 3.57 Å². The number of likely N-dealkylation sites (N-methyl/N-ethyl adjacent to an activating group) is 1. The van der Waals surface area contributed by atoms with Crippen molar-refractivity contribution in [1.82, 2.24) is 10.6 Å². The van der Waals surface area contributed by atoms with E-state index >= 15 is 0 Å². The smallest absolute Gasteiger partial charge is 0.253 e. The zero-order valence-corrected chi connectivity index (χ0v) is 13.1. The highest BCUT2D eigenvalue weighted by Gasteiger charge is 2.17. The second-order valence-corrected chi connectivity index (χ2v) is 5.53. The van der Waals surface area contributed by atoms with Crippen molar-refractivity contribution in [3.05, 3.63) is 31.8 Å². The number of nitrogens with one attached hydrogen (secondary N) is 2. The Balaban J connectivity index is 2.83. The summed E-state index contributed by atoms with van der Waals surface area (Å²) >= 11 is 5.44. The number of hydrogen-bond acceptors (Lipinski definition) is 2. The van der Waals surface area contributed by atoms with Crippen LogP contribution in [0.2, 0.25) is 0 Å². The van der Waals surface area contributed by atoms with Gasteiger partial charge in [0.15, 0.2) is 0 Å². The van der Waals surface area contributed by atoms with Gasteiger partial charge in [0, 0.05) is 15.1 Å². The molecule has 1 unspecified atom stereocenters.